The molecule has 2 amide bonds. The number of pyridine rings is 1. The molecule has 0 radical (unpaired) electrons. The molecule has 26 heteroatoms. The summed E-state index contributed by atoms with van der Waals surface area (Å²) in [4.78, 5) is 57.3. The Hall–Kier alpha value is -6.79. The van der Waals surface area contributed by atoms with E-state index in [2.05, 4.69) is 35.8 Å². The van der Waals surface area contributed by atoms with Crippen LogP contribution in [0.4, 0.5) is 78.8 Å². The number of ether oxygens (including phenoxy) is 1. The fourth-order valence-corrected chi connectivity index (χ4v) is 5.13. The number of urea groups is 1. The Kier molecular flexibility index (Phi) is 16.7. The predicted octanol–water partition coefficient (Wildman–Crippen LogP) is 7.37. The van der Waals surface area contributed by atoms with Gasteiger partial charge in [0.15, 0.2) is 5.82 Å². The number of alkyl halides is 9. The molecule has 0 unspecified atom stereocenters. The molecule has 1 fully saturated rings. The Balaban J connectivity index is 0.000000390. The molecule has 61 heavy (non-hydrogen) atoms. The van der Waals surface area contributed by atoms with Gasteiger partial charge in [-0.25, -0.2) is 24.2 Å². The van der Waals surface area contributed by atoms with Crippen LogP contribution in [-0.4, -0.2) is 111 Å². The summed E-state index contributed by atoms with van der Waals surface area (Å²) in [5.41, 5.74) is 5.47. The number of methoxy groups -OCH3 is 1. The summed E-state index contributed by atoms with van der Waals surface area (Å²) in [7, 11) is 1.68. The topological polar surface area (TPSA) is 219 Å². The quantitative estimate of drug-likeness (QED) is 0.111. The highest BCUT2D eigenvalue weighted by atomic mass is 35.5. The van der Waals surface area contributed by atoms with Crippen LogP contribution in [0.5, 0.6) is 5.75 Å². The van der Waals surface area contributed by atoms with Crippen LogP contribution in [0.25, 0.3) is 0 Å². The van der Waals surface area contributed by atoms with Crippen molar-refractivity contribution >= 4 is 70.1 Å². The average molecular weight is 899 g/mol. The van der Waals surface area contributed by atoms with E-state index in [1.807, 2.05) is 59.6 Å². The van der Waals surface area contributed by atoms with Gasteiger partial charge < -0.3 is 45.8 Å². The maximum atomic E-state index is 13.3. The zero-order valence-corrected chi connectivity index (χ0v) is 31.7. The summed E-state index contributed by atoms with van der Waals surface area (Å²) in [5.74, 6) is -6.53. The molecule has 0 aliphatic carbocycles. The molecular weight excluding hydrogens is 867 g/mol. The summed E-state index contributed by atoms with van der Waals surface area (Å²) in [6, 6.07) is 15.7. The monoisotopic (exact) mass is 898 g/mol. The number of aliphatic carboxylic acids is 3. The number of nitrogens with zero attached hydrogens (tertiary/aromatic N) is 5. The summed E-state index contributed by atoms with van der Waals surface area (Å²) >= 11 is 6.38. The number of para-hydroxylation sites is 2. The number of hydrogen-bond acceptors (Lipinski definition) is 11. The number of carbonyl (C=O) groups is 4. The number of benzene rings is 2. The van der Waals surface area contributed by atoms with Gasteiger partial charge in [-0.1, -0.05) is 23.7 Å². The largest absolute Gasteiger partial charge is 0.495 e. The number of carbonyl (C=O) groups excluding carboxylic acids is 1. The van der Waals surface area contributed by atoms with E-state index in [1.165, 1.54) is 0 Å². The highest BCUT2D eigenvalue weighted by Crippen LogP contribution is 2.31. The SMILES string of the molecule is COc1ccccc1N1CCN(C(=O)Nc2ccc3cc2CCc2cncc(c2)Nc2ncc(Cl)c(n2)N3)CC1.O=C(O)C(F)(F)F.O=C(O)C(F)(F)F.O=C(O)C(F)(F)F. The van der Waals surface area contributed by atoms with Gasteiger partial charge in [-0.2, -0.15) is 44.5 Å². The third-order valence-corrected chi connectivity index (χ3v) is 8.08. The van der Waals surface area contributed by atoms with Crippen LogP contribution in [-0.2, 0) is 27.2 Å². The highest BCUT2D eigenvalue weighted by molar-refractivity contribution is 6.32. The number of anilines is 6. The number of aromatic nitrogens is 3. The summed E-state index contributed by atoms with van der Waals surface area (Å²) in [5, 5.41) is 31.4. The number of amides is 2. The lowest BCUT2D eigenvalue weighted by Crippen LogP contribution is -2.50. The number of nitrogens with one attached hydrogen (secondary N) is 3. The Labute approximate surface area is 342 Å². The van der Waals surface area contributed by atoms with Crippen molar-refractivity contribution in [2.24, 2.45) is 0 Å². The number of rotatable bonds is 3. The van der Waals surface area contributed by atoms with E-state index >= 15 is 0 Å². The maximum Gasteiger partial charge on any atom is 0.490 e. The number of piperazine rings is 1. The van der Waals surface area contributed by atoms with Crippen molar-refractivity contribution < 1.29 is 78.7 Å². The fraction of sp³-hybridized carbons (Fsp3) is 0.286. The van der Waals surface area contributed by atoms with Crippen molar-refractivity contribution in [2.45, 2.75) is 31.4 Å². The van der Waals surface area contributed by atoms with Crippen LogP contribution in [0, 0.1) is 0 Å². The van der Waals surface area contributed by atoms with Gasteiger partial charge in [-0.3, -0.25) is 4.98 Å². The number of carboxylic acid groups (broad SMARTS) is 3. The first-order valence-electron chi connectivity index (χ1n) is 16.9. The third kappa shape index (κ3) is 15.4. The Bertz CT molecular complexity index is 2110. The second-order valence-corrected chi connectivity index (χ2v) is 12.5. The molecule has 0 saturated carbocycles. The van der Waals surface area contributed by atoms with Crippen LogP contribution in [0.15, 0.2) is 67.1 Å². The predicted molar refractivity (Wildman–Crippen MR) is 199 cm³/mol. The average Bonchev–Trinajstić information content (AvgIpc) is 3.19. The van der Waals surface area contributed by atoms with Crippen LogP contribution in [0.3, 0.4) is 0 Å². The number of halogens is 10. The van der Waals surface area contributed by atoms with Crippen molar-refractivity contribution in [1.29, 1.82) is 0 Å². The molecule has 2 aromatic carbocycles. The number of fused-ring (bicyclic) bond motifs is 6. The minimum absolute atomic E-state index is 0.115. The molecule has 2 aromatic heterocycles. The maximum absolute atomic E-state index is 13.3. The van der Waals surface area contributed by atoms with Gasteiger partial charge in [0, 0.05) is 43.8 Å². The van der Waals surface area contributed by atoms with E-state index in [9.17, 15) is 44.3 Å². The second kappa shape index (κ2) is 20.9. The van der Waals surface area contributed by atoms with Gasteiger partial charge in [-0.15, -0.1) is 0 Å². The van der Waals surface area contributed by atoms with Crippen LogP contribution in [0.2, 0.25) is 5.02 Å². The molecule has 1 saturated heterocycles. The molecule has 4 aromatic rings. The molecule has 16 nitrogen and oxygen atoms in total. The molecule has 6 rings (SSSR count). The second-order valence-electron chi connectivity index (χ2n) is 12.1. The van der Waals surface area contributed by atoms with Crippen LogP contribution in [0.1, 0.15) is 11.1 Å². The van der Waals surface area contributed by atoms with E-state index in [-0.39, 0.29) is 6.03 Å². The zero-order chi connectivity index (χ0) is 45.7. The number of aryl methyl sites for hydroxylation is 2. The lowest BCUT2D eigenvalue weighted by Gasteiger charge is -2.36. The van der Waals surface area contributed by atoms with Crippen molar-refractivity contribution in [3.05, 3.63) is 83.3 Å². The first-order valence-corrected chi connectivity index (χ1v) is 17.2. The molecule has 2 aliphatic heterocycles. The summed E-state index contributed by atoms with van der Waals surface area (Å²) in [6.07, 6.45) is -8.67. The standard InChI is InChI=1S/C29H29ClN8O2.3C2HF3O2/c1-40-26-5-3-2-4-25(26)37-10-12-38(13-11-37)29(39)35-24-9-8-21-15-20(24)7-6-19-14-22(17-31-16-19)34-28-32-18-23(30)27(33-21)36-28;3*3-2(4,5)1(6)7/h2-5,8-9,14-18H,6-7,10-13H2,1H3,(H,35,39)(H2,32,33,34,36);3*(H,6,7). The molecule has 6 N–H and O–H groups in total. The van der Waals surface area contributed by atoms with Gasteiger partial charge in [0.1, 0.15) is 10.8 Å². The van der Waals surface area contributed by atoms with E-state index in [0.29, 0.717) is 36.3 Å². The van der Waals surface area contributed by atoms with E-state index < -0.39 is 36.4 Å². The van der Waals surface area contributed by atoms with Gasteiger partial charge >= 0.3 is 42.5 Å². The van der Waals surface area contributed by atoms with Gasteiger partial charge in [0.05, 0.1) is 30.9 Å². The number of carboxylic acids is 3. The van der Waals surface area contributed by atoms with Crippen molar-refractivity contribution in [3.63, 3.8) is 0 Å². The van der Waals surface area contributed by atoms with E-state index in [4.69, 9.17) is 46.0 Å². The molecule has 0 atom stereocenters. The van der Waals surface area contributed by atoms with Crippen LogP contribution < -0.4 is 25.6 Å². The van der Waals surface area contributed by atoms with Gasteiger partial charge in [-0.05, 0) is 60.4 Å². The third-order valence-electron chi connectivity index (χ3n) is 7.81. The van der Waals surface area contributed by atoms with Gasteiger partial charge in [0.25, 0.3) is 0 Å². The Morgan fingerprint density at radius 1 is 0.754 bits per heavy atom. The molecule has 4 heterocycles. The van der Waals surface area contributed by atoms with E-state index in [1.54, 1.807) is 19.5 Å². The normalized spacial score (nSPS) is 13.4. The van der Waals surface area contributed by atoms with Gasteiger partial charge in [0.2, 0.25) is 5.95 Å². The number of hydrogen-bond donors (Lipinski definition) is 6. The van der Waals surface area contributed by atoms with Crippen LogP contribution >= 0.6 is 11.6 Å². The highest BCUT2D eigenvalue weighted by Gasteiger charge is 2.39. The molecule has 6 bridgehead atoms. The Morgan fingerprint density at radius 2 is 1.33 bits per heavy atom. The molecular formula is C35H32ClF9N8O8. The first-order chi connectivity index (χ1) is 28.4. The summed E-state index contributed by atoms with van der Waals surface area (Å²) in [6.45, 7) is 2.67. The molecule has 0 spiro atoms. The molecule has 330 valence electrons. The van der Waals surface area contributed by atoms with Crippen molar-refractivity contribution in [2.75, 3.05) is 54.1 Å². The molecule has 2 aliphatic rings. The van der Waals surface area contributed by atoms with Crippen molar-refractivity contribution in [1.82, 2.24) is 19.9 Å². The van der Waals surface area contributed by atoms with Crippen molar-refractivity contribution in [3.8, 4) is 5.75 Å². The minimum Gasteiger partial charge on any atom is -0.495 e. The van der Waals surface area contributed by atoms with E-state index in [0.717, 1.165) is 59.1 Å². The Morgan fingerprint density at radius 3 is 1.89 bits per heavy atom. The fourth-order valence-electron chi connectivity index (χ4n) is 4.99. The lowest BCUT2D eigenvalue weighted by atomic mass is 10.0. The lowest BCUT2D eigenvalue weighted by molar-refractivity contribution is -0.193. The first kappa shape index (κ1) is 48.6. The summed E-state index contributed by atoms with van der Waals surface area (Å²) < 4.78 is 101. The minimum atomic E-state index is -5.08. The smallest absolute Gasteiger partial charge is 0.490 e. The zero-order valence-electron chi connectivity index (χ0n) is 31.0.